The van der Waals surface area contributed by atoms with Crippen LogP contribution in [0.25, 0.3) is 11.3 Å². The summed E-state index contributed by atoms with van der Waals surface area (Å²) in [7, 11) is 0. The van der Waals surface area contributed by atoms with Gasteiger partial charge in [-0.05, 0) is 17.7 Å². The van der Waals surface area contributed by atoms with Crippen molar-refractivity contribution in [2.45, 2.75) is 5.88 Å². The molecule has 0 aliphatic rings. The topological polar surface area (TPSA) is 13.1 Å². The van der Waals surface area contributed by atoms with Gasteiger partial charge in [0.05, 0.1) is 5.56 Å². The maximum Gasteiger partial charge on any atom is 0.278 e. The molecule has 0 radical (unpaired) electrons. The SMILES string of the molecule is Fc1ccc(-c2c(F)cccc2CCl)o1. The van der Waals surface area contributed by atoms with Gasteiger partial charge in [0.1, 0.15) is 11.6 Å². The number of furan rings is 1. The van der Waals surface area contributed by atoms with Gasteiger partial charge in [0.15, 0.2) is 0 Å². The summed E-state index contributed by atoms with van der Waals surface area (Å²) in [5.74, 6) is -0.168. The summed E-state index contributed by atoms with van der Waals surface area (Å²) < 4.78 is 30.9. The summed E-state index contributed by atoms with van der Waals surface area (Å²) >= 11 is 5.66. The third-order valence-electron chi connectivity index (χ3n) is 2.06. The fraction of sp³-hybridized carbons (Fsp3) is 0.0909. The fourth-order valence-corrected chi connectivity index (χ4v) is 1.63. The maximum absolute atomic E-state index is 13.5. The smallest absolute Gasteiger partial charge is 0.278 e. The highest BCUT2D eigenvalue weighted by Gasteiger charge is 2.13. The minimum atomic E-state index is -0.742. The van der Waals surface area contributed by atoms with Crippen LogP contribution in [0.2, 0.25) is 0 Å². The molecule has 0 fully saturated rings. The maximum atomic E-state index is 13.5. The van der Waals surface area contributed by atoms with Gasteiger partial charge in [-0.15, -0.1) is 11.6 Å². The summed E-state index contributed by atoms with van der Waals surface area (Å²) in [6.45, 7) is 0. The molecule has 0 atom stereocenters. The second-order valence-corrected chi connectivity index (χ2v) is 3.28. The molecule has 0 N–H and O–H groups in total. The monoisotopic (exact) mass is 228 g/mol. The summed E-state index contributed by atoms with van der Waals surface area (Å²) in [6.07, 6.45) is 0. The second kappa shape index (κ2) is 4.03. The number of benzene rings is 1. The molecule has 0 aliphatic carbocycles. The molecule has 0 unspecified atom stereocenters. The van der Waals surface area contributed by atoms with E-state index < -0.39 is 11.8 Å². The molecule has 0 spiro atoms. The molecular formula is C11H7ClF2O. The minimum absolute atomic E-state index is 0.148. The highest BCUT2D eigenvalue weighted by molar-refractivity contribution is 6.17. The molecule has 4 heteroatoms. The first kappa shape index (κ1) is 10.2. The molecule has 0 amide bonds. The van der Waals surface area contributed by atoms with Gasteiger partial charge in [-0.1, -0.05) is 12.1 Å². The predicted octanol–water partition coefficient (Wildman–Crippen LogP) is 3.96. The van der Waals surface area contributed by atoms with E-state index in [4.69, 9.17) is 16.0 Å². The Morgan fingerprint density at radius 3 is 2.53 bits per heavy atom. The van der Waals surface area contributed by atoms with Crippen LogP contribution in [0, 0.1) is 11.8 Å². The highest BCUT2D eigenvalue weighted by atomic mass is 35.5. The normalized spacial score (nSPS) is 10.6. The molecule has 0 bridgehead atoms. The lowest BCUT2D eigenvalue weighted by Crippen LogP contribution is -1.89. The van der Waals surface area contributed by atoms with E-state index in [-0.39, 0.29) is 17.2 Å². The Morgan fingerprint density at radius 2 is 1.93 bits per heavy atom. The van der Waals surface area contributed by atoms with Crippen molar-refractivity contribution in [3.8, 4) is 11.3 Å². The lowest BCUT2D eigenvalue weighted by molar-refractivity contribution is 0.366. The molecule has 0 aliphatic heterocycles. The minimum Gasteiger partial charge on any atom is -0.431 e. The first-order chi connectivity index (χ1) is 7.22. The van der Waals surface area contributed by atoms with Crippen molar-refractivity contribution in [1.29, 1.82) is 0 Å². The van der Waals surface area contributed by atoms with Crippen LogP contribution < -0.4 is 0 Å². The van der Waals surface area contributed by atoms with Gasteiger partial charge >= 0.3 is 0 Å². The fourth-order valence-electron chi connectivity index (χ4n) is 1.40. The van der Waals surface area contributed by atoms with Gasteiger partial charge < -0.3 is 4.42 Å². The van der Waals surface area contributed by atoms with E-state index in [0.29, 0.717) is 5.56 Å². The third kappa shape index (κ3) is 1.88. The van der Waals surface area contributed by atoms with Gasteiger partial charge in [-0.25, -0.2) is 4.39 Å². The standard InChI is InChI=1S/C11H7ClF2O/c12-6-7-2-1-3-8(13)11(7)9-4-5-10(14)15-9/h1-5H,6H2. The zero-order chi connectivity index (χ0) is 10.8. The first-order valence-electron chi connectivity index (χ1n) is 4.31. The van der Waals surface area contributed by atoms with Gasteiger partial charge in [0, 0.05) is 11.9 Å². The Kier molecular flexibility index (Phi) is 2.73. The molecule has 1 aromatic heterocycles. The Bertz CT molecular complexity index is 479. The zero-order valence-electron chi connectivity index (χ0n) is 7.64. The number of alkyl halides is 1. The van der Waals surface area contributed by atoms with Crippen LogP contribution in [0.3, 0.4) is 0 Å². The third-order valence-corrected chi connectivity index (χ3v) is 2.35. The summed E-state index contributed by atoms with van der Waals surface area (Å²) in [5.41, 5.74) is 0.794. The number of hydrogen-bond acceptors (Lipinski definition) is 1. The van der Waals surface area contributed by atoms with Crippen LogP contribution in [0.5, 0.6) is 0 Å². The Balaban J connectivity index is 2.60. The van der Waals surface area contributed by atoms with Crippen molar-refractivity contribution in [3.63, 3.8) is 0 Å². The molecule has 2 rings (SSSR count). The Labute approximate surface area is 90.3 Å². The second-order valence-electron chi connectivity index (χ2n) is 3.01. The average molecular weight is 229 g/mol. The summed E-state index contributed by atoms with van der Waals surface area (Å²) in [4.78, 5) is 0. The van der Waals surface area contributed by atoms with Crippen LogP contribution in [-0.2, 0) is 5.88 Å². The van der Waals surface area contributed by atoms with Crippen molar-refractivity contribution < 1.29 is 13.2 Å². The van der Waals surface area contributed by atoms with Crippen LogP contribution >= 0.6 is 11.6 Å². The van der Waals surface area contributed by atoms with Crippen LogP contribution in [0.15, 0.2) is 34.7 Å². The van der Waals surface area contributed by atoms with Crippen LogP contribution in [0.4, 0.5) is 8.78 Å². The Morgan fingerprint density at radius 1 is 1.13 bits per heavy atom. The quantitative estimate of drug-likeness (QED) is 0.709. The van der Waals surface area contributed by atoms with Gasteiger partial charge in [0.2, 0.25) is 0 Å². The van der Waals surface area contributed by atoms with E-state index in [1.165, 1.54) is 12.1 Å². The van der Waals surface area contributed by atoms with E-state index in [0.717, 1.165) is 6.07 Å². The molecule has 15 heavy (non-hydrogen) atoms. The number of rotatable bonds is 2. The molecule has 1 nitrogen and oxygen atoms in total. The predicted molar refractivity (Wildman–Crippen MR) is 53.6 cm³/mol. The first-order valence-corrected chi connectivity index (χ1v) is 4.85. The van der Waals surface area contributed by atoms with E-state index in [1.54, 1.807) is 12.1 Å². The van der Waals surface area contributed by atoms with Crippen molar-refractivity contribution >= 4 is 11.6 Å². The summed E-state index contributed by atoms with van der Waals surface area (Å²) in [5, 5.41) is 0. The summed E-state index contributed by atoms with van der Waals surface area (Å²) in [6, 6.07) is 6.28. The van der Waals surface area contributed by atoms with Crippen molar-refractivity contribution in [3.05, 3.63) is 47.7 Å². The van der Waals surface area contributed by atoms with Crippen molar-refractivity contribution in [2.24, 2.45) is 0 Å². The largest absolute Gasteiger partial charge is 0.431 e. The van der Waals surface area contributed by atoms with Crippen molar-refractivity contribution in [1.82, 2.24) is 0 Å². The van der Waals surface area contributed by atoms with Crippen molar-refractivity contribution in [2.75, 3.05) is 0 Å². The lowest BCUT2D eigenvalue weighted by atomic mass is 10.1. The molecule has 1 heterocycles. The van der Waals surface area contributed by atoms with Gasteiger partial charge in [-0.3, -0.25) is 0 Å². The zero-order valence-corrected chi connectivity index (χ0v) is 8.39. The molecule has 0 saturated carbocycles. The average Bonchev–Trinajstić information content (AvgIpc) is 2.64. The van der Waals surface area contributed by atoms with Gasteiger partial charge in [0.25, 0.3) is 6.01 Å². The van der Waals surface area contributed by atoms with E-state index in [2.05, 4.69) is 0 Å². The molecule has 2 aromatic rings. The van der Waals surface area contributed by atoms with Crippen LogP contribution in [0.1, 0.15) is 5.56 Å². The lowest BCUT2D eigenvalue weighted by Gasteiger charge is -2.04. The van der Waals surface area contributed by atoms with Gasteiger partial charge in [-0.2, -0.15) is 4.39 Å². The molecule has 0 saturated heterocycles. The molecule has 78 valence electrons. The number of halogens is 3. The Hall–Kier alpha value is -1.35. The van der Waals surface area contributed by atoms with E-state index >= 15 is 0 Å². The molecule has 1 aromatic carbocycles. The number of hydrogen-bond donors (Lipinski definition) is 0. The van der Waals surface area contributed by atoms with E-state index in [1.807, 2.05) is 0 Å². The molecular weight excluding hydrogens is 222 g/mol. The highest BCUT2D eigenvalue weighted by Crippen LogP contribution is 2.29. The van der Waals surface area contributed by atoms with Crippen LogP contribution in [-0.4, -0.2) is 0 Å². The van der Waals surface area contributed by atoms with E-state index in [9.17, 15) is 8.78 Å².